The van der Waals surface area contributed by atoms with Gasteiger partial charge in [-0.05, 0) is 38.8 Å². The first-order chi connectivity index (χ1) is 10.1. The van der Waals surface area contributed by atoms with Crippen LogP contribution in [-0.2, 0) is 11.3 Å². The van der Waals surface area contributed by atoms with Crippen LogP contribution >= 0.6 is 11.6 Å². The van der Waals surface area contributed by atoms with Crippen molar-refractivity contribution in [1.82, 2.24) is 14.5 Å². The maximum absolute atomic E-state index is 6.33. The highest BCUT2D eigenvalue weighted by Gasteiger charge is 2.29. The number of fused-ring (bicyclic) bond motifs is 1. The Balaban J connectivity index is 2.02. The topological polar surface area (TPSA) is 39.9 Å². The van der Waals surface area contributed by atoms with Crippen molar-refractivity contribution in [2.24, 2.45) is 5.92 Å². The molecule has 1 aliphatic rings. The number of pyridine rings is 1. The predicted molar refractivity (Wildman–Crippen MR) is 84.7 cm³/mol. The number of ether oxygens (including phenoxy) is 1. The van der Waals surface area contributed by atoms with Crippen molar-refractivity contribution in [3.05, 3.63) is 23.7 Å². The Morgan fingerprint density at radius 2 is 2.24 bits per heavy atom. The molecule has 1 fully saturated rings. The van der Waals surface area contributed by atoms with Crippen molar-refractivity contribution in [3.63, 3.8) is 0 Å². The summed E-state index contributed by atoms with van der Waals surface area (Å²) in [5, 5.41) is -0.123. The third-order valence-electron chi connectivity index (χ3n) is 4.28. The normalized spacial score (nSPS) is 23.8. The van der Waals surface area contributed by atoms with Crippen LogP contribution in [0.25, 0.3) is 11.2 Å². The molecule has 0 aliphatic carbocycles. The Labute approximate surface area is 130 Å². The molecule has 4 nitrogen and oxygen atoms in total. The van der Waals surface area contributed by atoms with Gasteiger partial charge in [0.05, 0.1) is 11.5 Å². The molecule has 0 amide bonds. The minimum atomic E-state index is -0.123. The average Bonchev–Trinajstić information content (AvgIpc) is 3.04. The molecule has 2 aromatic heterocycles. The van der Waals surface area contributed by atoms with Crippen LogP contribution in [0.5, 0.6) is 0 Å². The Hall–Kier alpha value is -1.13. The summed E-state index contributed by atoms with van der Waals surface area (Å²) in [5.41, 5.74) is 2.88. The zero-order chi connectivity index (χ0) is 15.0. The maximum atomic E-state index is 6.33. The lowest BCUT2D eigenvalue weighted by Crippen LogP contribution is -2.21. The lowest BCUT2D eigenvalue weighted by Gasteiger charge is -2.19. The van der Waals surface area contributed by atoms with Gasteiger partial charge in [0.1, 0.15) is 11.3 Å². The molecule has 3 atom stereocenters. The minimum Gasteiger partial charge on any atom is -0.378 e. The molecule has 3 unspecified atom stereocenters. The molecule has 5 heteroatoms. The molecule has 21 heavy (non-hydrogen) atoms. The van der Waals surface area contributed by atoms with E-state index >= 15 is 0 Å². The number of halogens is 1. The average molecular weight is 308 g/mol. The second kappa shape index (κ2) is 5.93. The van der Waals surface area contributed by atoms with E-state index in [0.717, 1.165) is 48.7 Å². The standard InChI is InChI=1S/C16H22ClN3O/c1-4-14-12(7-8-21-14)9-20-15(11(3)17)19-13-6-5-10(2)18-16(13)20/h5-6,11-12,14H,4,7-9H2,1-3H3. The number of imidazole rings is 1. The van der Waals surface area contributed by atoms with Crippen molar-refractivity contribution < 1.29 is 4.74 Å². The van der Waals surface area contributed by atoms with Crippen LogP contribution in [0.1, 0.15) is 43.6 Å². The molecule has 3 rings (SSSR count). The minimum absolute atomic E-state index is 0.123. The first-order valence-corrected chi connectivity index (χ1v) is 8.13. The van der Waals surface area contributed by atoms with Crippen molar-refractivity contribution in [2.75, 3.05) is 6.61 Å². The zero-order valence-electron chi connectivity index (χ0n) is 12.8. The maximum Gasteiger partial charge on any atom is 0.160 e. The van der Waals surface area contributed by atoms with E-state index in [1.807, 2.05) is 26.0 Å². The van der Waals surface area contributed by atoms with Gasteiger partial charge in [0.25, 0.3) is 0 Å². The van der Waals surface area contributed by atoms with Crippen LogP contribution in [0.4, 0.5) is 0 Å². The van der Waals surface area contributed by atoms with Gasteiger partial charge >= 0.3 is 0 Å². The van der Waals surface area contributed by atoms with Gasteiger partial charge in [0.2, 0.25) is 0 Å². The molecule has 0 N–H and O–H groups in total. The summed E-state index contributed by atoms with van der Waals surface area (Å²) >= 11 is 6.33. The second-order valence-corrected chi connectivity index (χ2v) is 6.51. The second-order valence-electron chi connectivity index (χ2n) is 5.86. The number of aromatic nitrogens is 3. The van der Waals surface area contributed by atoms with E-state index in [2.05, 4.69) is 21.5 Å². The summed E-state index contributed by atoms with van der Waals surface area (Å²) in [5.74, 6) is 1.43. The van der Waals surface area contributed by atoms with Gasteiger partial charge in [-0.1, -0.05) is 6.92 Å². The van der Waals surface area contributed by atoms with E-state index in [1.54, 1.807) is 0 Å². The highest BCUT2D eigenvalue weighted by Crippen LogP contribution is 2.30. The lowest BCUT2D eigenvalue weighted by molar-refractivity contribution is 0.0835. The van der Waals surface area contributed by atoms with Crippen LogP contribution in [0.15, 0.2) is 12.1 Å². The molecule has 0 aromatic carbocycles. The van der Waals surface area contributed by atoms with Crippen LogP contribution in [0.2, 0.25) is 0 Å². The van der Waals surface area contributed by atoms with Crippen molar-refractivity contribution in [2.45, 2.75) is 51.6 Å². The quantitative estimate of drug-likeness (QED) is 0.805. The number of rotatable bonds is 4. The van der Waals surface area contributed by atoms with Crippen molar-refractivity contribution in [3.8, 4) is 0 Å². The molecule has 2 aromatic rings. The Kier molecular flexibility index (Phi) is 4.18. The Morgan fingerprint density at radius 1 is 1.43 bits per heavy atom. The van der Waals surface area contributed by atoms with Crippen LogP contribution in [0.3, 0.4) is 0 Å². The number of hydrogen-bond acceptors (Lipinski definition) is 3. The first kappa shape index (κ1) is 14.8. The first-order valence-electron chi connectivity index (χ1n) is 7.69. The Morgan fingerprint density at radius 3 is 2.95 bits per heavy atom. The summed E-state index contributed by atoms with van der Waals surface area (Å²) in [4.78, 5) is 9.35. The van der Waals surface area contributed by atoms with Crippen LogP contribution in [0, 0.1) is 12.8 Å². The van der Waals surface area contributed by atoms with E-state index in [0.29, 0.717) is 12.0 Å². The van der Waals surface area contributed by atoms with Gasteiger partial charge in [0.15, 0.2) is 5.65 Å². The van der Waals surface area contributed by atoms with Crippen LogP contribution < -0.4 is 0 Å². The molecule has 0 bridgehead atoms. The summed E-state index contributed by atoms with van der Waals surface area (Å²) in [7, 11) is 0. The molecular formula is C16H22ClN3O. The van der Waals surface area contributed by atoms with E-state index in [9.17, 15) is 0 Å². The summed E-state index contributed by atoms with van der Waals surface area (Å²) < 4.78 is 8.01. The number of nitrogens with zero attached hydrogens (tertiary/aromatic N) is 3. The van der Waals surface area contributed by atoms with E-state index in [-0.39, 0.29) is 5.38 Å². The highest BCUT2D eigenvalue weighted by molar-refractivity contribution is 6.20. The largest absolute Gasteiger partial charge is 0.378 e. The third kappa shape index (κ3) is 2.79. The summed E-state index contributed by atoms with van der Waals surface area (Å²) in [6.07, 6.45) is 2.49. The van der Waals surface area contributed by atoms with Crippen molar-refractivity contribution >= 4 is 22.8 Å². The van der Waals surface area contributed by atoms with Gasteiger partial charge in [-0.25, -0.2) is 9.97 Å². The van der Waals surface area contributed by atoms with Gasteiger partial charge < -0.3 is 9.30 Å². The van der Waals surface area contributed by atoms with Gasteiger partial charge in [-0.15, -0.1) is 11.6 Å². The molecule has 0 spiro atoms. The van der Waals surface area contributed by atoms with E-state index in [1.165, 1.54) is 0 Å². The predicted octanol–water partition coefficient (Wildman–Crippen LogP) is 3.85. The number of alkyl halides is 1. The molecule has 1 aliphatic heterocycles. The summed E-state index contributed by atoms with van der Waals surface area (Å²) in [6.45, 7) is 7.90. The van der Waals surface area contributed by atoms with E-state index in [4.69, 9.17) is 16.3 Å². The van der Waals surface area contributed by atoms with Gasteiger partial charge in [-0.3, -0.25) is 0 Å². The fourth-order valence-corrected chi connectivity index (χ4v) is 3.35. The molecule has 0 saturated carbocycles. The van der Waals surface area contributed by atoms with E-state index < -0.39 is 0 Å². The molecule has 3 heterocycles. The fraction of sp³-hybridized carbons (Fsp3) is 0.625. The Bertz CT molecular complexity index is 638. The number of aryl methyl sites for hydroxylation is 1. The fourth-order valence-electron chi connectivity index (χ4n) is 3.18. The molecule has 1 saturated heterocycles. The van der Waals surface area contributed by atoms with Crippen LogP contribution in [-0.4, -0.2) is 27.2 Å². The monoisotopic (exact) mass is 307 g/mol. The smallest absolute Gasteiger partial charge is 0.160 e. The highest BCUT2D eigenvalue weighted by atomic mass is 35.5. The number of hydrogen-bond donors (Lipinski definition) is 0. The van der Waals surface area contributed by atoms with Crippen molar-refractivity contribution in [1.29, 1.82) is 0 Å². The molecule has 0 radical (unpaired) electrons. The van der Waals surface area contributed by atoms with Gasteiger partial charge in [-0.2, -0.15) is 0 Å². The zero-order valence-corrected chi connectivity index (χ0v) is 13.6. The molecule has 114 valence electrons. The third-order valence-corrected chi connectivity index (χ3v) is 4.48. The molecular weight excluding hydrogens is 286 g/mol. The SMILES string of the molecule is CCC1OCCC1Cn1c(C(C)Cl)nc2ccc(C)nc21. The van der Waals surface area contributed by atoms with Gasteiger partial charge in [0, 0.05) is 24.8 Å². The lowest BCUT2D eigenvalue weighted by atomic mass is 9.99. The summed E-state index contributed by atoms with van der Waals surface area (Å²) in [6, 6.07) is 4.02.